The van der Waals surface area contributed by atoms with E-state index in [2.05, 4.69) is 4.98 Å². The number of hydrogen-bond acceptors (Lipinski definition) is 3. The zero-order valence-electron chi connectivity index (χ0n) is 7.02. The van der Waals surface area contributed by atoms with Crippen molar-refractivity contribution in [2.24, 2.45) is 7.05 Å². The minimum atomic E-state index is 0.181. The van der Waals surface area contributed by atoms with Gasteiger partial charge in [-0.1, -0.05) is 0 Å². The first-order chi connectivity index (χ1) is 6.22. The van der Waals surface area contributed by atoms with Crippen LogP contribution in [0.25, 0.3) is 11.0 Å². The molecular formula is C9H7N3O. The molecule has 0 amide bonds. The monoisotopic (exact) mass is 173 g/mol. The van der Waals surface area contributed by atoms with E-state index >= 15 is 0 Å². The van der Waals surface area contributed by atoms with Crippen molar-refractivity contribution in [3.05, 3.63) is 24.0 Å². The van der Waals surface area contributed by atoms with Crippen LogP contribution >= 0.6 is 0 Å². The Bertz CT molecular complexity index is 507. The molecular weight excluding hydrogens is 166 g/mol. The van der Waals surface area contributed by atoms with E-state index in [0.29, 0.717) is 5.82 Å². The lowest BCUT2D eigenvalue weighted by Crippen LogP contribution is -1.91. The number of nitriles is 1. The molecule has 0 bridgehead atoms. The van der Waals surface area contributed by atoms with Crippen LogP contribution in [-0.4, -0.2) is 14.7 Å². The Kier molecular flexibility index (Phi) is 1.46. The molecule has 1 heterocycles. The second kappa shape index (κ2) is 2.49. The summed E-state index contributed by atoms with van der Waals surface area (Å²) in [5.74, 6) is 0.528. The van der Waals surface area contributed by atoms with Crippen molar-refractivity contribution in [3.8, 4) is 11.8 Å². The summed E-state index contributed by atoms with van der Waals surface area (Å²) in [4.78, 5) is 4.06. The summed E-state index contributed by atoms with van der Waals surface area (Å²) in [5, 5.41) is 17.9. The third-order valence-corrected chi connectivity index (χ3v) is 1.96. The summed E-state index contributed by atoms with van der Waals surface area (Å²) in [6.45, 7) is 0. The number of rotatable bonds is 0. The Hall–Kier alpha value is -2.02. The molecule has 0 saturated carbocycles. The van der Waals surface area contributed by atoms with E-state index in [9.17, 15) is 5.11 Å². The summed E-state index contributed by atoms with van der Waals surface area (Å²) in [7, 11) is 1.74. The normalized spacial score (nSPS) is 10.2. The maximum atomic E-state index is 9.21. The third kappa shape index (κ3) is 1.02. The van der Waals surface area contributed by atoms with Gasteiger partial charge >= 0.3 is 0 Å². The molecule has 1 N–H and O–H groups in total. The fourth-order valence-electron chi connectivity index (χ4n) is 1.28. The lowest BCUT2D eigenvalue weighted by atomic mass is 10.3. The number of phenolic OH excluding ortho intramolecular Hbond substituents is 1. The molecule has 64 valence electrons. The van der Waals surface area contributed by atoms with Gasteiger partial charge in [0.05, 0.1) is 11.0 Å². The fraction of sp³-hybridized carbons (Fsp3) is 0.111. The van der Waals surface area contributed by atoms with E-state index in [1.54, 1.807) is 29.8 Å². The third-order valence-electron chi connectivity index (χ3n) is 1.96. The highest BCUT2D eigenvalue weighted by molar-refractivity contribution is 5.78. The van der Waals surface area contributed by atoms with Crippen molar-refractivity contribution in [2.75, 3.05) is 0 Å². The van der Waals surface area contributed by atoms with Crippen LogP contribution in [0.2, 0.25) is 0 Å². The van der Waals surface area contributed by atoms with Gasteiger partial charge in [-0.15, -0.1) is 0 Å². The molecule has 4 heteroatoms. The highest BCUT2D eigenvalue weighted by atomic mass is 16.3. The minimum absolute atomic E-state index is 0.181. The molecule has 0 atom stereocenters. The van der Waals surface area contributed by atoms with Gasteiger partial charge in [-0.3, -0.25) is 0 Å². The molecule has 0 aliphatic carbocycles. The Morgan fingerprint density at radius 2 is 2.31 bits per heavy atom. The lowest BCUT2D eigenvalue weighted by molar-refractivity contribution is 0.476. The molecule has 0 fully saturated rings. The van der Waals surface area contributed by atoms with Crippen molar-refractivity contribution in [3.63, 3.8) is 0 Å². The minimum Gasteiger partial charge on any atom is -0.508 e. The molecule has 0 aliphatic heterocycles. The second-order valence-electron chi connectivity index (χ2n) is 2.78. The van der Waals surface area contributed by atoms with Gasteiger partial charge in [0.15, 0.2) is 0 Å². The van der Waals surface area contributed by atoms with E-state index in [1.165, 1.54) is 0 Å². The van der Waals surface area contributed by atoms with Crippen molar-refractivity contribution in [2.45, 2.75) is 0 Å². The quantitative estimate of drug-likeness (QED) is 0.650. The summed E-state index contributed by atoms with van der Waals surface area (Å²) >= 11 is 0. The van der Waals surface area contributed by atoms with Crippen molar-refractivity contribution in [1.82, 2.24) is 9.55 Å². The van der Waals surface area contributed by atoms with Crippen LogP contribution in [0.4, 0.5) is 0 Å². The summed E-state index contributed by atoms with van der Waals surface area (Å²) in [6.07, 6.45) is 0. The number of benzene rings is 1. The topological polar surface area (TPSA) is 61.8 Å². The lowest BCUT2D eigenvalue weighted by Gasteiger charge is -1.94. The Morgan fingerprint density at radius 1 is 1.54 bits per heavy atom. The number of aromatic hydroxyl groups is 1. The number of imidazole rings is 1. The predicted molar refractivity (Wildman–Crippen MR) is 47.1 cm³/mol. The number of fused-ring (bicyclic) bond motifs is 1. The molecule has 0 aliphatic rings. The molecule has 0 unspecified atom stereocenters. The van der Waals surface area contributed by atoms with Crippen LogP contribution in [0.5, 0.6) is 5.75 Å². The Balaban J connectivity index is 2.87. The Morgan fingerprint density at radius 3 is 3.00 bits per heavy atom. The van der Waals surface area contributed by atoms with Gasteiger partial charge in [0.2, 0.25) is 5.82 Å². The van der Waals surface area contributed by atoms with E-state index in [-0.39, 0.29) is 5.75 Å². The molecule has 1 aromatic heterocycles. The zero-order chi connectivity index (χ0) is 9.42. The van der Waals surface area contributed by atoms with Gasteiger partial charge in [0, 0.05) is 13.1 Å². The molecule has 2 aromatic rings. The SMILES string of the molecule is Cn1c(C#N)nc2ccc(O)cc21. The number of nitrogens with zero attached hydrogens (tertiary/aromatic N) is 3. The molecule has 0 spiro atoms. The number of hydrogen-bond donors (Lipinski definition) is 1. The maximum absolute atomic E-state index is 9.21. The summed E-state index contributed by atoms with van der Waals surface area (Å²) in [6, 6.07) is 6.80. The average Bonchev–Trinajstić information content (AvgIpc) is 2.44. The highest BCUT2D eigenvalue weighted by Crippen LogP contribution is 2.19. The predicted octanol–water partition coefficient (Wildman–Crippen LogP) is 1.15. The zero-order valence-corrected chi connectivity index (χ0v) is 7.02. The van der Waals surface area contributed by atoms with Crippen LogP contribution < -0.4 is 0 Å². The first kappa shape index (κ1) is 7.62. The van der Waals surface area contributed by atoms with Gasteiger partial charge in [-0.25, -0.2) is 4.98 Å². The van der Waals surface area contributed by atoms with Crippen LogP contribution in [0, 0.1) is 11.3 Å². The number of phenols is 1. The van der Waals surface area contributed by atoms with E-state index in [1.807, 2.05) is 6.07 Å². The van der Waals surface area contributed by atoms with Gasteiger partial charge < -0.3 is 9.67 Å². The largest absolute Gasteiger partial charge is 0.508 e. The van der Waals surface area contributed by atoms with Crippen molar-refractivity contribution in [1.29, 1.82) is 5.26 Å². The van der Waals surface area contributed by atoms with E-state index < -0.39 is 0 Å². The van der Waals surface area contributed by atoms with Crippen LogP contribution in [0.15, 0.2) is 18.2 Å². The van der Waals surface area contributed by atoms with E-state index in [4.69, 9.17) is 5.26 Å². The van der Waals surface area contributed by atoms with Crippen molar-refractivity contribution < 1.29 is 5.11 Å². The first-order valence-corrected chi connectivity index (χ1v) is 3.78. The molecule has 4 nitrogen and oxygen atoms in total. The molecule has 1 aromatic carbocycles. The second-order valence-corrected chi connectivity index (χ2v) is 2.78. The average molecular weight is 173 g/mol. The van der Waals surface area contributed by atoms with Crippen LogP contribution in [-0.2, 0) is 7.05 Å². The van der Waals surface area contributed by atoms with Gasteiger partial charge in [-0.05, 0) is 12.1 Å². The van der Waals surface area contributed by atoms with Gasteiger partial charge in [-0.2, -0.15) is 5.26 Å². The maximum Gasteiger partial charge on any atom is 0.213 e. The molecule has 13 heavy (non-hydrogen) atoms. The first-order valence-electron chi connectivity index (χ1n) is 3.78. The number of aryl methyl sites for hydroxylation is 1. The Labute approximate surface area is 74.7 Å². The standard InChI is InChI=1S/C9H7N3O/c1-12-8-4-6(13)2-3-7(8)11-9(12)5-10/h2-4,13H,1H3. The highest BCUT2D eigenvalue weighted by Gasteiger charge is 2.06. The summed E-state index contributed by atoms with van der Waals surface area (Å²) in [5.41, 5.74) is 1.48. The van der Waals surface area contributed by atoms with Gasteiger partial charge in [0.1, 0.15) is 11.8 Å². The van der Waals surface area contributed by atoms with Gasteiger partial charge in [0.25, 0.3) is 0 Å². The van der Waals surface area contributed by atoms with Crippen molar-refractivity contribution >= 4 is 11.0 Å². The fourth-order valence-corrected chi connectivity index (χ4v) is 1.28. The van der Waals surface area contributed by atoms with Crippen LogP contribution in [0.3, 0.4) is 0 Å². The van der Waals surface area contributed by atoms with Crippen LogP contribution in [0.1, 0.15) is 5.82 Å². The van der Waals surface area contributed by atoms with E-state index in [0.717, 1.165) is 11.0 Å². The smallest absolute Gasteiger partial charge is 0.213 e. The number of aromatic nitrogens is 2. The molecule has 2 rings (SSSR count). The molecule has 0 radical (unpaired) electrons. The summed E-state index contributed by atoms with van der Waals surface area (Å²) < 4.78 is 1.65. The molecule has 0 saturated heterocycles.